The van der Waals surface area contributed by atoms with Crippen LogP contribution in [0.3, 0.4) is 0 Å². The van der Waals surface area contributed by atoms with Crippen molar-refractivity contribution in [1.29, 1.82) is 0 Å². The van der Waals surface area contributed by atoms with Crippen LogP contribution in [0, 0.1) is 5.41 Å². The number of benzene rings is 1. The highest BCUT2D eigenvalue weighted by molar-refractivity contribution is 5.94. The summed E-state index contributed by atoms with van der Waals surface area (Å²) in [4.78, 5) is 20.5. The molecule has 166 valence electrons. The molecule has 31 heavy (non-hydrogen) atoms. The Kier molecular flexibility index (Phi) is 5.13. The Morgan fingerprint density at radius 3 is 1.97 bits per heavy atom. The lowest BCUT2D eigenvalue weighted by molar-refractivity contribution is -0.143. The molecule has 1 aromatic carbocycles. The highest BCUT2D eigenvalue weighted by Gasteiger charge is 2.46. The lowest BCUT2D eigenvalue weighted by atomic mass is 9.72. The fourth-order valence-electron chi connectivity index (χ4n) is 4.23. The molecule has 4 nitrogen and oxygen atoms in total. The second-order valence-electron chi connectivity index (χ2n) is 8.13. The van der Waals surface area contributed by atoms with Gasteiger partial charge >= 0.3 is 12.4 Å². The highest BCUT2D eigenvalue weighted by Crippen LogP contribution is 2.42. The van der Waals surface area contributed by atoms with E-state index in [1.807, 2.05) is 18.2 Å². The van der Waals surface area contributed by atoms with Crippen molar-refractivity contribution in [2.75, 3.05) is 31.1 Å². The summed E-state index contributed by atoms with van der Waals surface area (Å²) in [6.07, 6.45) is -7.00. The summed E-state index contributed by atoms with van der Waals surface area (Å²) in [7, 11) is 0. The topological polar surface area (TPSA) is 36.4 Å². The van der Waals surface area contributed by atoms with Crippen molar-refractivity contribution >= 4 is 11.7 Å². The highest BCUT2D eigenvalue weighted by atomic mass is 19.4. The van der Waals surface area contributed by atoms with E-state index in [9.17, 15) is 31.1 Å². The van der Waals surface area contributed by atoms with Crippen molar-refractivity contribution < 1.29 is 31.1 Å². The van der Waals surface area contributed by atoms with E-state index in [1.54, 1.807) is 6.20 Å². The Morgan fingerprint density at radius 1 is 0.903 bits per heavy atom. The molecule has 0 atom stereocenters. The number of likely N-dealkylation sites (tertiary alicyclic amines) is 1. The summed E-state index contributed by atoms with van der Waals surface area (Å²) in [5, 5.41) is 0. The van der Waals surface area contributed by atoms with Crippen LogP contribution in [-0.4, -0.2) is 42.0 Å². The van der Waals surface area contributed by atoms with Crippen LogP contribution < -0.4 is 4.90 Å². The lowest BCUT2D eigenvalue weighted by Crippen LogP contribution is -2.61. The molecule has 2 fully saturated rings. The number of aromatic nitrogens is 1. The lowest BCUT2D eigenvalue weighted by Gasteiger charge is -2.54. The maximum absolute atomic E-state index is 13.1. The van der Waals surface area contributed by atoms with Crippen molar-refractivity contribution in [2.24, 2.45) is 5.41 Å². The molecule has 0 bridgehead atoms. The first kappa shape index (κ1) is 21.5. The normalized spacial score (nSPS) is 18.8. The third kappa shape index (κ3) is 4.33. The number of rotatable bonds is 2. The fourth-order valence-corrected chi connectivity index (χ4v) is 4.23. The summed E-state index contributed by atoms with van der Waals surface area (Å²) < 4.78 is 78.4. The molecule has 1 amide bonds. The molecule has 1 aromatic heterocycles. The molecule has 0 radical (unpaired) electrons. The second-order valence-corrected chi connectivity index (χ2v) is 8.13. The molecular weight excluding hydrogens is 424 g/mol. The summed E-state index contributed by atoms with van der Waals surface area (Å²) in [6.45, 7) is 2.08. The molecule has 1 spiro atoms. The largest absolute Gasteiger partial charge is 0.416 e. The molecule has 10 heteroatoms. The quantitative estimate of drug-likeness (QED) is 0.622. The maximum Gasteiger partial charge on any atom is 0.416 e. The minimum Gasteiger partial charge on any atom is -0.355 e. The van der Waals surface area contributed by atoms with Crippen LogP contribution in [0.5, 0.6) is 0 Å². The zero-order valence-electron chi connectivity index (χ0n) is 16.3. The smallest absolute Gasteiger partial charge is 0.355 e. The van der Waals surface area contributed by atoms with Gasteiger partial charge in [-0.1, -0.05) is 6.07 Å². The average molecular weight is 443 g/mol. The number of carbonyl (C=O) groups is 1. The third-order valence-corrected chi connectivity index (χ3v) is 5.97. The Hall–Kier alpha value is -2.78. The number of alkyl halides is 6. The first-order valence-corrected chi connectivity index (χ1v) is 9.72. The molecule has 2 aliphatic heterocycles. The van der Waals surface area contributed by atoms with Gasteiger partial charge in [0.1, 0.15) is 5.82 Å². The molecule has 0 unspecified atom stereocenters. The number of anilines is 1. The number of hydrogen-bond acceptors (Lipinski definition) is 3. The van der Waals surface area contributed by atoms with Crippen LogP contribution in [0.25, 0.3) is 0 Å². The third-order valence-electron chi connectivity index (χ3n) is 5.97. The van der Waals surface area contributed by atoms with Gasteiger partial charge in [0.2, 0.25) is 0 Å². The molecule has 2 aromatic rings. The second kappa shape index (κ2) is 7.42. The summed E-state index contributed by atoms with van der Waals surface area (Å²) in [5.74, 6) is 0.0441. The summed E-state index contributed by atoms with van der Waals surface area (Å²) in [6, 6.07) is 6.63. The minimum atomic E-state index is -4.98. The van der Waals surface area contributed by atoms with Crippen molar-refractivity contribution in [3.8, 4) is 0 Å². The number of piperidine rings is 1. The van der Waals surface area contributed by atoms with Gasteiger partial charge in [0.05, 0.1) is 11.1 Å². The van der Waals surface area contributed by atoms with Gasteiger partial charge in [-0.05, 0) is 43.2 Å². The minimum absolute atomic E-state index is 0.0146. The van der Waals surface area contributed by atoms with E-state index >= 15 is 0 Å². The Balaban J connectivity index is 1.46. The van der Waals surface area contributed by atoms with Gasteiger partial charge in [-0.15, -0.1) is 0 Å². The number of amides is 1. The molecule has 0 aliphatic carbocycles. The van der Waals surface area contributed by atoms with Gasteiger partial charge in [-0.2, -0.15) is 26.3 Å². The predicted octanol–water partition coefficient (Wildman–Crippen LogP) is 4.86. The molecule has 2 saturated heterocycles. The van der Waals surface area contributed by atoms with Gasteiger partial charge in [0.25, 0.3) is 5.91 Å². The van der Waals surface area contributed by atoms with Gasteiger partial charge < -0.3 is 9.80 Å². The van der Waals surface area contributed by atoms with Crippen molar-refractivity contribution in [1.82, 2.24) is 9.88 Å². The van der Waals surface area contributed by atoms with Gasteiger partial charge in [-0.25, -0.2) is 4.98 Å². The van der Waals surface area contributed by atoms with Gasteiger partial charge in [0, 0.05) is 43.4 Å². The van der Waals surface area contributed by atoms with Gasteiger partial charge in [-0.3, -0.25) is 4.79 Å². The molecule has 3 heterocycles. The Morgan fingerprint density at radius 2 is 1.48 bits per heavy atom. The molecule has 4 rings (SSSR count). The zero-order chi connectivity index (χ0) is 22.4. The zero-order valence-corrected chi connectivity index (χ0v) is 16.3. The standard InChI is InChI=1S/C21H19F6N3O/c22-20(23,24)15-9-14(10-16(11-15)21(25,26)27)18(31)29-7-4-19(5-8-29)12-30(13-19)17-3-1-2-6-28-17/h1-3,6,9-11H,4-5,7-8,12-13H2. The first-order valence-electron chi connectivity index (χ1n) is 9.72. The summed E-state index contributed by atoms with van der Waals surface area (Å²) in [5.41, 5.74) is -3.57. The number of hydrogen-bond donors (Lipinski definition) is 0. The van der Waals surface area contributed by atoms with E-state index in [2.05, 4.69) is 9.88 Å². The van der Waals surface area contributed by atoms with E-state index < -0.39 is 35.0 Å². The SMILES string of the molecule is O=C(c1cc(C(F)(F)F)cc(C(F)(F)F)c1)N1CCC2(CC1)CN(c1ccccn1)C2. The number of halogens is 6. The van der Waals surface area contributed by atoms with Gasteiger partial charge in [0.15, 0.2) is 0 Å². The van der Waals surface area contributed by atoms with Crippen LogP contribution in [-0.2, 0) is 12.4 Å². The van der Waals surface area contributed by atoms with E-state index in [0.29, 0.717) is 25.0 Å². The maximum atomic E-state index is 13.1. The van der Waals surface area contributed by atoms with Crippen LogP contribution >= 0.6 is 0 Å². The monoisotopic (exact) mass is 443 g/mol. The Bertz CT molecular complexity index is 925. The van der Waals surface area contributed by atoms with Crippen molar-refractivity contribution in [2.45, 2.75) is 25.2 Å². The Labute approximate surface area is 174 Å². The molecule has 0 saturated carbocycles. The van der Waals surface area contributed by atoms with E-state index in [0.717, 1.165) is 18.9 Å². The number of nitrogens with zero attached hydrogens (tertiary/aromatic N) is 3. The predicted molar refractivity (Wildman–Crippen MR) is 100 cm³/mol. The number of carbonyl (C=O) groups excluding carboxylic acids is 1. The fraction of sp³-hybridized carbons (Fsp3) is 0.429. The summed E-state index contributed by atoms with van der Waals surface area (Å²) >= 11 is 0. The molecular formula is C21H19F6N3O. The van der Waals surface area contributed by atoms with Crippen molar-refractivity contribution in [3.05, 3.63) is 59.3 Å². The molecule has 0 N–H and O–H groups in total. The van der Waals surface area contributed by atoms with Crippen LogP contribution in [0.2, 0.25) is 0 Å². The first-order chi connectivity index (χ1) is 14.5. The van der Waals surface area contributed by atoms with Crippen LogP contribution in [0.1, 0.15) is 34.3 Å². The van der Waals surface area contributed by atoms with Crippen LogP contribution in [0.15, 0.2) is 42.6 Å². The van der Waals surface area contributed by atoms with Crippen LogP contribution in [0.4, 0.5) is 32.2 Å². The molecule has 2 aliphatic rings. The average Bonchev–Trinajstić information content (AvgIpc) is 2.70. The van der Waals surface area contributed by atoms with Crippen molar-refractivity contribution in [3.63, 3.8) is 0 Å². The van der Waals surface area contributed by atoms with E-state index in [1.165, 1.54) is 4.90 Å². The number of pyridine rings is 1. The van der Waals surface area contributed by atoms with E-state index in [-0.39, 0.29) is 24.6 Å². The van der Waals surface area contributed by atoms with E-state index in [4.69, 9.17) is 0 Å².